The number of aryl methyl sites for hydroxylation is 3. The van der Waals surface area contributed by atoms with E-state index in [0.29, 0.717) is 49.8 Å². The number of imidazole rings is 1. The van der Waals surface area contributed by atoms with Gasteiger partial charge in [-0.2, -0.15) is 5.10 Å². The van der Waals surface area contributed by atoms with E-state index in [1.54, 1.807) is 11.0 Å². The van der Waals surface area contributed by atoms with Gasteiger partial charge in [0.05, 0.1) is 35.3 Å². The van der Waals surface area contributed by atoms with Crippen LogP contribution in [0, 0.1) is 0 Å². The number of anilines is 2. The average Bonchev–Trinajstić information content (AvgIpc) is 3.87. The number of ether oxygens (including phenoxy) is 1. The van der Waals surface area contributed by atoms with E-state index in [2.05, 4.69) is 33.8 Å². The lowest BCUT2D eigenvalue weighted by atomic mass is 10.1. The third-order valence-corrected chi connectivity index (χ3v) is 8.79. The number of fused-ring (bicyclic) bond motifs is 3. The van der Waals surface area contributed by atoms with Gasteiger partial charge in [-0.25, -0.2) is 4.98 Å². The van der Waals surface area contributed by atoms with E-state index in [1.165, 1.54) is 0 Å². The highest BCUT2D eigenvalue weighted by molar-refractivity contribution is 6.12. The first-order chi connectivity index (χ1) is 20.3. The van der Waals surface area contributed by atoms with Crippen molar-refractivity contribution in [2.75, 3.05) is 18.4 Å². The van der Waals surface area contributed by atoms with Gasteiger partial charge in [0, 0.05) is 56.8 Å². The normalized spacial score (nSPS) is 20.9. The fourth-order valence-corrected chi connectivity index (χ4v) is 6.67. The molecule has 2 atom stereocenters. The average molecular weight is 573 g/mol. The highest BCUT2D eigenvalue weighted by atomic mass is 16.5. The lowest BCUT2D eigenvalue weighted by molar-refractivity contribution is -0.0588. The zero-order valence-electron chi connectivity index (χ0n) is 25.1. The van der Waals surface area contributed by atoms with Crippen LogP contribution in [0.2, 0.25) is 0 Å². The number of carbonyl (C=O) groups excluding carboxylic acids is 2. The van der Waals surface area contributed by atoms with Gasteiger partial charge in [-0.1, -0.05) is 0 Å². The minimum absolute atomic E-state index is 0.00957. The summed E-state index contributed by atoms with van der Waals surface area (Å²) in [7, 11) is 1.98. The highest BCUT2D eigenvalue weighted by Gasteiger charge is 2.43. The van der Waals surface area contributed by atoms with Crippen LogP contribution in [-0.4, -0.2) is 82.9 Å². The van der Waals surface area contributed by atoms with E-state index in [1.807, 2.05) is 43.4 Å². The molecule has 4 aromatic rings. The molecule has 4 heterocycles. The number of benzene rings is 1. The summed E-state index contributed by atoms with van der Waals surface area (Å²) in [5.74, 6) is 0.677. The van der Waals surface area contributed by atoms with E-state index >= 15 is 0 Å². The van der Waals surface area contributed by atoms with E-state index in [4.69, 9.17) is 14.8 Å². The molecule has 1 aromatic carbocycles. The molecule has 2 aliphatic carbocycles. The Morgan fingerprint density at radius 1 is 1.00 bits per heavy atom. The second-order valence-corrected chi connectivity index (χ2v) is 12.2. The van der Waals surface area contributed by atoms with Crippen molar-refractivity contribution < 1.29 is 14.3 Å². The number of nitrogens with one attached hydrogen (secondary N) is 1. The van der Waals surface area contributed by atoms with Gasteiger partial charge in [-0.15, -0.1) is 0 Å². The molecule has 3 aromatic heterocycles. The summed E-state index contributed by atoms with van der Waals surface area (Å²) in [6.07, 6.45) is 6.20. The van der Waals surface area contributed by atoms with E-state index in [9.17, 15) is 9.59 Å². The van der Waals surface area contributed by atoms with Crippen LogP contribution < -0.4 is 5.32 Å². The van der Waals surface area contributed by atoms with Gasteiger partial charge in [0.1, 0.15) is 16.9 Å². The fourth-order valence-electron chi connectivity index (χ4n) is 6.67. The van der Waals surface area contributed by atoms with Crippen LogP contribution in [-0.2, 0) is 24.9 Å². The fraction of sp³-hybridized carbons (Fsp3) is 0.548. The number of nitrogens with zero attached hydrogens (tertiary/aromatic N) is 7. The molecule has 7 rings (SSSR count). The maximum absolute atomic E-state index is 13.9. The van der Waals surface area contributed by atoms with Crippen LogP contribution in [0.25, 0.3) is 21.9 Å². The molecule has 3 fully saturated rings. The molecule has 0 spiro atoms. The summed E-state index contributed by atoms with van der Waals surface area (Å²) in [5, 5.41) is 9.24. The van der Waals surface area contributed by atoms with Gasteiger partial charge in [0.25, 0.3) is 11.8 Å². The molecule has 1 saturated heterocycles. The van der Waals surface area contributed by atoms with Crippen LogP contribution in [0.4, 0.5) is 11.5 Å². The Labute approximate surface area is 245 Å². The van der Waals surface area contributed by atoms with Gasteiger partial charge < -0.3 is 29.0 Å². The van der Waals surface area contributed by atoms with Crippen LogP contribution >= 0.6 is 0 Å². The Hall–Kier alpha value is -3.86. The van der Waals surface area contributed by atoms with Crippen molar-refractivity contribution in [2.45, 2.75) is 90.8 Å². The lowest BCUT2D eigenvalue weighted by Crippen LogP contribution is -2.48. The van der Waals surface area contributed by atoms with Crippen LogP contribution in [0.5, 0.6) is 0 Å². The van der Waals surface area contributed by atoms with E-state index in [-0.39, 0.29) is 24.0 Å². The molecule has 0 unspecified atom stereocenters. The predicted octanol–water partition coefficient (Wildman–Crippen LogP) is 4.52. The molecule has 2 saturated carbocycles. The molecule has 1 aliphatic heterocycles. The van der Waals surface area contributed by atoms with Crippen molar-refractivity contribution in [3.63, 3.8) is 0 Å². The summed E-state index contributed by atoms with van der Waals surface area (Å²) >= 11 is 0. The van der Waals surface area contributed by atoms with Crippen molar-refractivity contribution in [3.05, 3.63) is 35.9 Å². The van der Waals surface area contributed by atoms with Crippen molar-refractivity contribution >= 4 is 45.3 Å². The number of morpholine rings is 1. The lowest BCUT2D eigenvalue weighted by Gasteiger charge is -2.35. The molecule has 2 amide bonds. The monoisotopic (exact) mass is 572 g/mol. The molecule has 0 bridgehead atoms. The van der Waals surface area contributed by atoms with Crippen molar-refractivity contribution in [1.82, 2.24) is 33.7 Å². The standard InChI is InChI=1S/C31H40N8O3/c1-6-37-24-13-23(33-27-14-26(38(7-2)34-27)30(40)36-15-18(3)42-19(4)16-36)28-29(35(5)17-32-28)22(24)12-25(37)31(41)39(20-8-9-20)21-10-11-21/h12-14,17-21H,6-11,15-16H2,1-5H3,(H,33,34)/t18-,19+. The van der Waals surface area contributed by atoms with Crippen molar-refractivity contribution in [2.24, 2.45) is 7.05 Å². The third-order valence-electron chi connectivity index (χ3n) is 8.79. The number of carbonyl (C=O) groups is 2. The van der Waals surface area contributed by atoms with Gasteiger partial charge in [-0.3, -0.25) is 14.3 Å². The van der Waals surface area contributed by atoms with Crippen molar-refractivity contribution in [1.29, 1.82) is 0 Å². The Bertz CT molecular complexity index is 1670. The Kier molecular flexibility index (Phi) is 6.52. The largest absolute Gasteiger partial charge is 0.372 e. The molecular weight excluding hydrogens is 532 g/mol. The van der Waals surface area contributed by atoms with Crippen LogP contribution in [0.15, 0.2) is 24.5 Å². The quantitative estimate of drug-likeness (QED) is 0.333. The summed E-state index contributed by atoms with van der Waals surface area (Å²) in [4.78, 5) is 36.2. The summed E-state index contributed by atoms with van der Waals surface area (Å²) < 4.78 is 11.7. The molecule has 3 aliphatic rings. The van der Waals surface area contributed by atoms with Crippen LogP contribution in [0.3, 0.4) is 0 Å². The topological polar surface area (TPSA) is 102 Å². The van der Waals surface area contributed by atoms with Gasteiger partial charge >= 0.3 is 0 Å². The van der Waals surface area contributed by atoms with Gasteiger partial charge in [-0.05, 0) is 65.5 Å². The predicted molar refractivity (Wildman–Crippen MR) is 161 cm³/mol. The Balaban J connectivity index is 1.27. The zero-order chi connectivity index (χ0) is 29.3. The first kappa shape index (κ1) is 27.0. The molecule has 222 valence electrons. The molecule has 1 N–H and O–H groups in total. The highest BCUT2D eigenvalue weighted by Crippen LogP contribution is 2.40. The summed E-state index contributed by atoms with van der Waals surface area (Å²) in [5.41, 5.74) is 4.82. The van der Waals surface area contributed by atoms with Crippen LogP contribution in [0.1, 0.15) is 74.4 Å². The molecule has 11 nitrogen and oxygen atoms in total. The number of hydrogen-bond donors (Lipinski definition) is 1. The summed E-state index contributed by atoms with van der Waals surface area (Å²) in [6.45, 7) is 10.4. The maximum Gasteiger partial charge on any atom is 0.272 e. The molecule has 42 heavy (non-hydrogen) atoms. The molecule has 0 radical (unpaired) electrons. The van der Waals surface area contributed by atoms with Crippen molar-refractivity contribution in [3.8, 4) is 0 Å². The first-order valence-corrected chi connectivity index (χ1v) is 15.4. The zero-order valence-corrected chi connectivity index (χ0v) is 25.1. The van der Waals surface area contributed by atoms with E-state index in [0.717, 1.165) is 59.0 Å². The summed E-state index contributed by atoms with van der Waals surface area (Å²) in [6, 6.07) is 6.72. The SMILES string of the molecule is CCn1nc(Nc2cc3c(cc(C(=O)N(C4CC4)C4CC4)n3CC)c3c2ncn3C)cc1C(=O)N1C[C@@H](C)O[C@@H](C)C1. The number of amides is 2. The number of aromatic nitrogens is 5. The second-order valence-electron chi connectivity index (χ2n) is 12.2. The second kappa shape index (κ2) is 10.1. The first-order valence-electron chi connectivity index (χ1n) is 15.4. The Morgan fingerprint density at radius 2 is 1.69 bits per heavy atom. The van der Waals surface area contributed by atoms with Gasteiger partial charge in [0.2, 0.25) is 0 Å². The van der Waals surface area contributed by atoms with E-state index < -0.39 is 0 Å². The Morgan fingerprint density at radius 3 is 2.31 bits per heavy atom. The minimum atomic E-state index is -0.0447. The van der Waals surface area contributed by atoms with Gasteiger partial charge in [0.15, 0.2) is 5.82 Å². The minimum Gasteiger partial charge on any atom is -0.372 e. The third kappa shape index (κ3) is 4.54. The molecule has 11 heteroatoms. The smallest absolute Gasteiger partial charge is 0.272 e. The molecular formula is C31H40N8O3. The maximum atomic E-state index is 13.9. The number of rotatable bonds is 8. The number of hydrogen-bond acceptors (Lipinski definition) is 6.